The van der Waals surface area contributed by atoms with Crippen molar-refractivity contribution < 1.29 is 4.42 Å². The maximum Gasteiger partial charge on any atom is 0.197 e. The van der Waals surface area contributed by atoms with Crippen LogP contribution in [0.3, 0.4) is 0 Å². The third-order valence-electron chi connectivity index (χ3n) is 2.65. The number of nitrogens with one attached hydrogen (secondary N) is 1. The first-order valence-corrected chi connectivity index (χ1v) is 5.63. The van der Waals surface area contributed by atoms with Gasteiger partial charge in [-0.15, -0.1) is 0 Å². The molecule has 0 saturated heterocycles. The van der Waals surface area contributed by atoms with E-state index >= 15 is 0 Å². The van der Waals surface area contributed by atoms with Crippen LogP contribution in [0.25, 0.3) is 0 Å². The molecular weight excluding hydrogens is 222 g/mol. The number of likely N-dealkylation sites (N-methyl/N-ethyl adjacent to an activating group) is 1. The van der Waals surface area contributed by atoms with Crippen molar-refractivity contribution in [3.8, 4) is 0 Å². The van der Waals surface area contributed by atoms with Gasteiger partial charge in [-0.2, -0.15) is 0 Å². The van der Waals surface area contributed by atoms with E-state index in [1.165, 1.54) is 5.56 Å². The molecule has 2 aromatic rings. The Morgan fingerprint density at radius 2 is 2.00 bits per heavy atom. The Morgan fingerprint density at radius 1 is 1.25 bits per heavy atom. The highest BCUT2D eigenvalue weighted by Gasteiger charge is 2.15. The fourth-order valence-corrected chi connectivity index (χ4v) is 2.02. The van der Waals surface area contributed by atoms with Crippen LogP contribution in [0.1, 0.15) is 17.2 Å². The lowest BCUT2D eigenvalue weighted by Crippen LogP contribution is -2.18. The summed E-state index contributed by atoms with van der Waals surface area (Å²) in [4.78, 5) is 0. The van der Waals surface area contributed by atoms with E-state index in [1.54, 1.807) is 6.26 Å². The topological polar surface area (TPSA) is 25.2 Å². The van der Waals surface area contributed by atoms with Crippen molar-refractivity contribution in [1.29, 1.82) is 0 Å². The normalized spacial score (nSPS) is 12.6. The van der Waals surface area contributed by atoms with E-state index in [9.17, 15) is 0 Å². The highest BCUT2D eigenvalue weighted by Crippen LogP contribution is 2.26. The molecule has 0 aliphatic rings. The zero-order valence-corrected chi connectivity index (χ0v) is 9.87. The minimum Gasteiger partial charge on any atom is -0.453 e. The monoisotopic (exact) mass is 235 g/mol. The van der Waals surface area contributed by atoms with Crippen molar-refractivity contribution in [1.82, 2.24) is 5.32 Å². The molecule has 2 nitrogen and oxygen atoms in total. The third-order valence-corrected chi connectivity index (χ3v) is 2.96. The minimum absolute atomic E-state index is 0.189. The molecule has 1 unspecified atom stereocenters. The summed E-state index contributed by atoms with van der Waals surface area (Å²) < 4.78 is 5.11. The van der Waals surface area contributed by atoms with Crippen LogP contribution in [0.2, 0.25) is 5.22 Å². The highest BCUT2D eigenvalue weighted by molar-refractivity contribution is 6.29. The Morgan fingerprint density at radius 3 is 2.56 bits per heavy atom. The molecule has 1 heterocycles. The molecule has 0 radical (unpaired) electrons. The molecule has 0 fully saturated rings. The summed E-state index contributed by atoms with van der Waals surface area (Å²) >= 11 is 5.97. The Balaban J connectivity index is 2.16. The second kappa shape index (κ2) is 5.19. The smallest absolute Gasteiger partial charge is 0.197 e. The van der Waals surface area contributed by atoms with Crippen LogP contribution in [0.4, 0.5) is 0 Å². The van der Waals surface area contributed by atoms with E-state index < -0.39 is 0 Å². The van der Waals surface area contributed by atoms with Gasteiger partial charge in [-0.3, -0.25) is 0 Å². The maximum atomic E-state index is 5.97. The molecule has 1 aromatic carbocycles. The lowest BCUT2D eigenvalue weighted by Gasteiger charge is -2.14. The van der Waals surface area contributed by atoms with E-state index in [1.807, 2.05) is 31.3 Å². The second-order valence-electron chi connectivity index (χ2n) is 3.68. The van der Waals surface area contributed by atoms with Crippen LogP contribution in [0.5, 0.6) is 0 Å². The van der Waals surface area contributed by atoms with Crippen LogP contribution in [0.15, 0.2) is 47.1 Å². The zero-order chi connectivity index (χ0) is 11.4. The van der Waals surface area contributed by atoms with Gasteiger partial charge in [-0.05, 0) is 36.7 Å². The molecule has 3 heteroatoms. The fourth-order valence-electron chi connectivity index (χ4n) is 1.77. The summed E-state index contributed by atoms with van der Waals surface area (Å²) in [6, 6.07) is 12.4. The Kier molecular flexibility index (Phi) is 3.65. The van der Waals surface area contributed by atoms with Gasteiger partial charge < -0.3 is 9.73 Å². The van der Waals surface area contributed by atoms with Crippen molar-refractivity contribution in [3.63, 3.8) is 0 Å². The van der Waals surface area contributed by atoms with Crippen molar-refractivity contribution in [2.45, 2.75) is 12.5 Å². The van der Waals surface area contributed by atoms with E-state index in [4.69, 9.17) is 16.0 Å². The molecule has 0 spiro atoms. The molecule has 0 bridgehead atoms. The van der Waals surface area contributed by atoms with Crippen LogP contribution >= 0.6 is 11.6 Å². The van der Waals surface area contributed by atoms with E-state index in [0.717, 1.165) is 12.0 Å². The second-order valence-corrected chi connectivity index (χ2v) is 4.02. The number of furan rings is 1. The van der Waals surface area contributed by atoms with Gasteiger partial charge >= 0.3 is 0 Å². The number of benzene rings is 1. The van der Waals surface area contributed by atoms with Crippen molar-refractivity contribution in [2.75, 3.05) is 7.05 Å². The van der Waals surface area contributed by atoms with Crippen molar-refractivity contribution in [3.05, 3.63) is 59.0 Å². The summed E-state index contributed by atoms with van der Waals surface area (Å²) in [6.07, 6.45) is 2.52. The molecule has 0 amide bonds. The number of rotatable bonds is 4. The van der Waals surface area contributed by atoms with Gasteiger partial charge in [-0.25, -0.2) is 0 Å². The predicted molar refractivity (Wildman–Crippen MR) is 65.7 cm³/mol. The summed E-state index contributed by atoms with van der Waals surface area (Å²) in [7, 11) is 1.93. The molecule has 84 valence electrons. The van der Waals surface area contributed by atoms with Gasteiger partial charge in [0.15, 0.2) is 5.22 Å². The molecule has 1 aromatic heterocycles. The maximum absolute atomic E-state index is 5.97. The summed E-state index contributed by atoms with van der Waals surface area (Å²) in [6.45, 7) is 0. The first-order valence-electron chi connectivity index (χ1n) is 5.25. The van der Waals surface area contributed by atoms with Crippen molar-refractivity contribution in [2.24, 2.45) is 0 Å². The zero-order valence-electron chi connectivity index (χ0n) is 9.11. The Bertz CT molecular complexity index is 438. The first kappa shape index (κ1) is 11.2. The van der Waals surface area contributed by atoms with E-state index in [-0.39, 0.29) is 6.04 Å². The standard InChI is InChI=1S/C13H14ClNO/c1-15-12(11-7-8-16-13(11)14)9-10-5-3-2-4-6-10/h2-8,12,15H,9H2,1H3. The molecule has 16 heavy (non-hydrogen) atoms. The lowest BCUT2D eigenvalue weighted by molar-refractivity contribution is 0.544. The SMILES string of the molecule is CNC(Cc1ccccc1)c1ccoc1Cl. The van der Waals surface area contributed by atoms with E-state index in [2.05, 4.69) is 17.4 Å². The molecule has 0 aliphatic heterocycles. The molecule has 2 rings (SSSR count). The van der Waals surface area contributed by atoms with Gasteiger partial charge in [0.25, 0.3) is 0 Å². The Hall–Kier alpha value is -1.25. The number of hydrogen-bond donors (Lipinski definition) is 1. The highest BCUT2D eigenvalue weighted by atomic mass is 35.5. The fraction of sp³-hybridized carbons (Fsp3) is 0.231. The van der Waals surface area contributed by atoms with Crippen LogP contribution in [0, 0.1) is 0 Å². The van der Waals surface area contributed by atoms with Crippen LogP contribution < -0.4 is 5.32 Å². The minimum atomic E-state index is 0.189. The van der Waals surface area contributed by atoms with Crippen LogP contribution in [-0.2, 0) is 6.42 Å². The summed E-state index contributed by atoms with van der Waals surface area (Å²) in [5.74, 6) is 0. The lowest BCUT2D eigenvalue weighted by atomic mass is 10.0. The van der Waals surface area contributed by atoms with Gasteiger partial charge in [-0.1, -0.05) is 30.3 Å². The largest absolute Gasteiger partial charge is 0.453 e. The molecule has 0 aliphatic carbocycles. The molecule has 1 N–H and O–H groups in total. The third kappa shape index (κ3) is 2.46. The Labute approximate surface area is 100 Å². The average Bonchev–Trinajstić information content (AvgIpc) is 2.74. The van der Waals surface area contributed by atoms with Gasteiger partial charge in [0.1, 0.15) is 0 Å². The number of halogens is 1. The van der Waals surface area contributed by atoms with Gasteiger partial charge in [0, 0.05) is 11.6 Å². The van der Waals surface area contributed by atoms with Crippen molar-refractivity contribution >= 4 is 11.6 Å². The molecule has 1 atom stereocenters. The molecular formula is C13H14ClNO. The summed E-state index contributed by atoms with van der Waals surface area (Å²) in [5.41, 5.74) is 2.28. The van der Waals surface area contributed by atoms with Gasteiger partial charge in [0.2, 0.25) is 0 Å². The average molecular weight is 236 g/mol. The van der Waals surface area contributed by atoms with E-state index in [0.29, 0.717) is 5.22 Å². The summed E-state index contributed by atoms with van der Waals surface area (Å²) in [5, 5.41) is 3.72. The molecule has 0 saturated carbocycles. The number of hydrogen-bond acceptors (Lipinski definition) is 2. The quantitative estimate of drug-likeness (QED) is 0.878. The van der Waals surface area contributed by atoms with Crippen LogP contribution in [-0.4, -0.2) is 7.05 Å². The first-order chi connectivity index (χ1) is 7.81. The predicted octanol–water partition coefficient (Wildman–Crippen LogP) is 3.44. The van der Waals surface area contributed by atoms with Gasteiger partial charge in [0.05, 0.1) is 6.26 Å².